The minimum atomic E-state index is 0.577. The summed E-state index contributed by atoms with van der Waals surface area (Å²) >= 11 is 1.75. The Balaban J connectivity index is 1.56. The molecule has 0 aliphatic carbocycles. The lowest BCUT2D eigenvalue weighted by Gasteiger charge is -2.31. The molecule has 1 aromatic carbocycles. The Morgan fingerprint density at radius 1 is 1.24 bits per heavy atom. The van der Waals surface area contributed by atoms with E-state index < -0.39 is 0 Å². The van der Waals surface area contributed by atoms with Crippen LogP contribution in [0.15, 0.2) is 36.5 Å². The van der Waals surface area contributed by atoms with Crippen LogP contribution in [0.5, 0.6) is 0 Å². The highest BCUT2D eigenvalue weighted by atomic mass is 32.1. The van der Waals surface area contributed by atoms with Crippen molar-refractivity contribution in [3.05, 3.63) is 36.5 Å². The maximum Gasteiger partial charge on any atom is 0.183 e. The van der Waals surface area contributed by atoms with Crippen LogP contribution in [0.2, 0.25) is 0 Å². The number of piperidine rings is 1. The normalized spacial score (nSPS) is 17.0. The minimum Gasteiger partial charge on any atom is -0.359 e. The van der Waals surface area contributed by atoms with Gasteiger partial charge in [0.1, 0.15) is 0 Å². The lowest BCUT2D eigenvalue weighted by molar-refractivity contribution is 0.219. The zero-order valence-electron chi connectivity index (χ0n) is 12.6. The van der Waals surface area contributed by atoms with Crippen molar-refractivity contribution in [1.82, 2.24) is 9.88 Å². The molecule has 1 aromatic heterocycles. The first-order chi connectivity index (χ1) is 10.3. The van der Waals surface area contributed by atoms with E-state index in [1.165, 1.54) is 49.3 Å². The number of hydrogen-bond donors (Lipinski definition) is 1. The van der Waals surface area contributed by atoms with E-state index in [0.717, 1.165) is 5.13 Å². The molecule has 112 valence electrons. The molecule has 4 heteroatoms. The molecule has 0 spiro atoms. The second-order valence-electron chi connectivity index (χ2n) is 5.66. The third-order valence-electron chi connectivity index (χ3n) is 4.02. The average Bonchev–Trinajstić information content (AvgIpc) is 2.99. The Kier molecular flexibility index (Phi) is 4.88. The van der Waals surface area contributed by atoms with Crippen molar-refractivity contribution in [1.29, 1.82) is 0 Å². The van der Waals surface area contributed by atoms with Crippen molar-refractivity contribution < 1.29 is 0 Å². The van der Waals surface area contributed by atoms with E-state index >= 15 is 0 Å². The van der Waals surface area contributed by atoms with E-state index in [1.54, 1.807) is 11.3 Å². The van der Waals surface area contributed by atoms with Crippen LogP contribution in [0, 0.1) is 0 Å². The van der Waals surface area contributed by atoms with Crippen molar-refractivity contribution in [3.63, 3.8) is 0 Å². The number of rotatable bonds is 5. The second kappa shape index (κ2) is 7.05. The van der Waals surface area contributed by atoms with Crippen LogP contribution in [-0.4, -0.2) is 35.6 Å². The van der Waals surface area contributed by atoms with Gasteiger partial charge in [0, 0.05) is 25.3 Å². The summed E-state index contributed by atoms with van der Waals surface area (Å²) in [6.45, 7) is 5.91. The maximum atomic E-state index is 4.54. The fourth-order valence-corrected chi connectivity index (χ4v) is 3.77. The van der Waals surface area contributed by atoms with Crippen molar-refractivity contribution in [2.45, 2.75) is 32.2 Å². The molecule has 0 saturated carbocycles. The van der Waals surface area contributed by atoms with Gasteiger partial charge in [-0.05, 0) is 31.4 Å². The summed E-state index contributed by atoms with van der Waals surface area (Å²) < 4.78 is 0. The summed E-state index contributed by atoms with van der Waals surface area (Å²) in [5.74, 6) is 0. The Hall–Kier alpha value is -1.39. The average molecular weight is 301 g/mol. The van der Waals surface area contributed by atoms with Crippen LogP contribution in [0.3, 0.4) is 0 Å². The van der Waals surface area contributed by atoms with E-state index in [2.05, 4.69) is 46.4 Å². The molecule has 2 heterocycles. The maximum absolute atomic E-state index is 4.54. The second-order valence-corrected chi connectivity index (χ2v) is 6.69. The van der Waals surface area contributed by atoms with Crippen molar-refractivity contribution >= 4 is 16.5 Å². The Morgan fingerprint density at radius 3 is 2.71 bits per heavy atom. The predicted molar refractivity (Wildman–Crippen MR) is 90.9 cm³/mol. The predicted octanol–water partition coefficient (Wildman–Crippen LogP) is 4.10. The molecule has 3 nitrogen and oxygen atoms in total. The quantitative estimate of drug-likeness (QED) is 0.901. The Labute approximate surface area is 131 Å². The molecule has 0 amide bonds. The highest BCUT2D eigenvalue weighted by Gasteiger charge is 2.19. The summed E-state index contributed by atoms with van der Waals surface area (Å²) in [5, 5.41) is 4.67. The molecular weight excluding hydrogens is 278 g/mol. The Bertz CT molecular complexity index is 544. The van der Waals surface area contributed by atoms with Crippen LogP contribution < -0.4 is 5.32 Å². The molecule has 0 radical (unpaired) electrons. The van der Waals surface area contributed by atoms with Crippen LogP contribution in [0.25, 0.3) is 10.4 Å². The van der Waals surface area contributed by atoms with E-state index in [9.17, 15) is 0 Å². The van der Waals surface area contributed by atoms with Crippen LogP contribution in [0.1, 0.15) is 26.2 Å². The molecule has 1 saturated heterocycles. The van der Waals surface area contributed by atoms with Gasteiger partial charge >= 0.3 is 0 Å². The van der Waals surface area contributed by atoms with Gasteiger partial charge in [-0.1, -0.05) is 48.6 Å². The van der Waals surface area contributed by atoms with Crippen molar-refractivity contribution in [2.24, 2.45) is 0 Å². The first kappa shape index (κ1) is 14.5. The lowest BCUT2D eigenvalue weighted by atomic mass is 10.1. The number of nitrogens with one attached hydrogen (secondary N) is 1. The number of aromatic nitrogens is 1. The standard InChI is InChI=1S/C17H23N3S/c1-2-10-20-11-8-15(9-12-20)19-17-18-13-16(21-17)14-6-4-3-5-7-14/h3-7,13,15H,2,8-12H2,1H3,(H,18,19). The number of nitrogens with zero attached hydrogens (tertiary/aromatic N) is 2. The number of hydrogen-bond acceptors (Lipinski definition) is 4. The lowest BCUT2D eigenvalue weighted by Crippen LogP contribution is -2.39. The summed E-state index contributed by atoms with van der Waals surface area (Å²) in [5.41, 5.74) is 1.25. The number of likely N-dealkylation sites (tertiary alicyclic amines) is 1. The van der Waals surface area contributed by atoms with Gasteiger partial charge in [-0.25, -0.2) is 4.98 Å². The van der Waals surface area contributed by atoms with Gasteiger partial charge in [-0.15, -0.1) is 0 Å². The molecule has 0 unspecified atom stereocenters. The molecule has 1 fully saturated rings. The van der Waals surface area contributed by atoms with Crippen LogP contribution in [0.4, 0.5) is 5.13 Å². The van der Waals surface area contributed by atoms with Gasteiger partial charge in [0.25, 0.3) is 0 Å². The van der Waals surface area contributed by atoms with E-state index in [0.29, 0.717) is 6.04 Å². The SMILES string of the molecule is CCCN1CCC(Nc2ncc(-c3ccccc3)s2)CC1. The van der Waals surface area contributed by atoms with E-state index in [-0.39, 0.29) is 0 Å². The topological polar surface area (TPSA) is 28.2 Å². The molecule has 1 N–H and O–H groups in total. The van der Waals surface area contributed by atoms with Gasteiger partial charge in [0.05, 0.1) is 4.88 Å². The molecule has 21 heavy (non-hydrogen) atoms. The molecule has 2 aromatic rings. The molecule has 0 bridgehead atoms. The summed E-state index contributed by atoms with van der Waals surface area (Å²) in [7, 11) is 0. The summed E-state index contributed by atoms with van der Waals surface area (Å²) in [6.07, 6.45) is 5.68. The zero-order valence-corrected chi connectivity index (χ0v) is 13.4. The molecule has 3 rings (SSSR count). The van der Waals surface area contributed by atoms with E-state index in [1.807, 2.05) is 12.3 Å². The molecule has 1 aliphatic rings. The Morgan fingerprint density at radius 2 is 2.00 bits per heavy atom. The molecular formula is C17H23N3S. The van der Waals surface area contributed by atoms with Gasteiger partial charge in [-0.3, -0.25) is 0 Å². The number of thiazole rings is 1. The number of benzene rings is 1. The fraction of sp³-hybridized carbons (Fsp3) is 0.471. The van der Waals surface area contributed by atoms with E-state index in [4.69, 9.17) is 0 Å². The van der Waals surface area contributed by atoms with Gasteiger partial charge in [0.2, 0.25) is 0 Å². The summed E-state index contributed by atoms with van der Waals surface area (Å²) in [4.78, 5) is 8.34. The first-order valence-electron chi connectivity index (χ1n) is 7.85. The van der Waals surface area contributed by atoms with Crippen LogP contribution >= 0.6 is 11.3 Å². The van der Waals surface area contributed by atoms with Crippen molar-refractivity contribution in [3.8, 4) is 10.4 Å². The highest BCUT2D eigenvalue weighted by Crippen LogP contribution is 2.29. The molecule has 0 atom stereocenters. The minimum absolute atomic E-state index is 0.577. The molecule has 1 aliphatic heterocycles. The van der Waals surface area contributed by atoms with Crippen LogP contribution in [-0.2, 0) is 0 Å². The fourth-order valence-electron chi connectivity index (χ4n) is 2.87. The monoisotopic (exact) mass is 301 g/mol. The van der Waals surface area contributed by atoms with Crippen molar-refractivity contribution in [2.75, 3.05) is 25.0 Å². The third-order valence-corrected chi connectivity index (χ3v) is 5.00. The largest absolute Gasteiger partial charge is 0.359 e. The smallest absolute Gasteiger partial charge is 0.183 e. The van der Waals surface area contributed by atoms with Gasteiger partial charge in [-0.2, -0.15) is 0 Å². The zero-order chi connectivity index (χ0) is 14.5. The van der Waals surface area contributed by atoms with Gasteiger partial charge < -0.3 is 10.2 Å². The summed E-state index contributed by atoms with van der Waals surface area (Å²) in [6, 6.07) is 11.1. The third kappa shape index (κ3) is 3.83. The van der Waals surface area contributed by atoms with Gasteiger partial charge in [0.15, 0.2) is 5.13 Å². The number of anilines is 1. The first-order valence-corrected chi connectivity index (χ1v) is 8.67. The highest BCUT2D eigenvalue weighted by molar-refractivity contribution is 7.18.